The summed E-state index contributed by atoms with van der Waals surface area (Å²) in [6, 6.07) is 12.8. The van der Waals surface area contributed by atoms with Crippen LogP contribution in [0, 0.1) is 5.82 Å². The van der Waals surface area contributed by atoms with E-state index >= 15 is 0 Å². The molecule has 10 heteroatoms. The first kappa shape index (κ1) is 19.6. The van der Waals surface area contributed by atoms with Crippen molar-refractivity contribution in [2.45, 2.75) is 13.1 Å². The van der Waals surface area contributed by atoms with Crippen LogP contribution in [-0.4, -0.2) is 53.2 Å². The topological polar surface area (TPSA) is 117 Å². The van der Waals surface area contributed by atoms with E-state index in [0.29, 0.717) is 41.6 Å². The van der Waals surface area contributed by atoms with E-state index in [2.05, 4.69) is 20.1 Å². The SMILES string of the molecule is O=C(O)c1cc2n(n1)CCN(Cc1nc(-c3cccc(F)c3)c(-c3ccccn3)[nH]1)C2=O. The molecule has 1 amide bonds. The fourth-order valence-electron chi connectivity index (χ4n) is 3.71. The summed E-state index contributed by atoms with van der Waals surface area (Å²) in [6.45, 7) is 0.891. The van der Waals surface area contributed by atoms with E-state index in [0.717, 1.165) is 0 Å². The van der Waals surface area contributed by atoms with Gasteiger partial charge in [0.25, 0.3) is 5.91 Å². The molecule has 0 atom stereocenters. The third-order valence-electron chi connectivity index (χ3n) is 5.20. The Morgan fingerprint density at radius 3 is 2.78 bits per heavy atom. The van der Waals surface area contributed by atoms with Gasteiger partial charge in [0.15, 0.2) is 5.69 Å². The molecular formula is C22H17FN6O3. The van der Waals surface area contributed by atoms with Gasteiger partial charge < -0.3 is 15.0 Å². The Balaban J connectivity index is 1.49. The molecule has 4 heterocycles. The number of fused-ring (bicyclic) bond motifs is 1. The number of carboxylic acid groups (broad SMARTS) is 1. The van der Waals surface area contributed by atoms with Gasteiger partial charge in [0, 0.05) is 24.4 Å². The standard InChI is InChI=1S/C22H17FN6O3/c23-14-5-3-4-13(10-14)19-20(15-6-1-2-7-24-15)26-18(25-19)12-28-8-9-29-17(21(28)30)11-16(27-29)22(31)32/h1-7,10-11H,8-9,12H2,(H,25,26)(H,31,32). The van der Waals surface area contributed by atoms with Crippen LogP contribution in [0.15, 0.2) is 54.7 Å². The van der Waals surface area contributed by atoms with Gasteiger partial charge in [-0.3, -0.25) is 14.5 Å². The summed E-state index contributed by atoms with van der Waals surface area (Å²) in [6.07, 6.45) is 1.65. The van der Waals surface area contributed by atoms with Gasteiger partial charge in [-0.1, -0.05) is 18.2 Å². The molecule has 160 valence electrons. The third-order valence-corrected chi connectivity index (χ3v) is 5.20. The van der Waals surface area contributed by atoms with Crippen LogP contribution in [0.3, 0.4) is 0 Å². The Hall–Kier alpha value is -4.34. The van der Waals surface area contributed by atoms with Gasteiger partial charge in [0.05, 0.1) is 30.2 Å². The van der Waals surface area contributed by atoms with Crippen LogP contribution in [0.25, 0.3) is 22.6 Å². The molecule has 0 bridgehead atoms. The van der Waals surface area contributed by atoms with Gasteiger partial charge >= 0.3 is 5.97 Å². The number of pyridine rings is 1. The molecule has 0 fully saturated rings. The largest absolute Gasteiger partial charge is 0.476 e. The maximum absolute atomic E-state index is 13.9. The Kier molecular flexibility index (Phi) is 4.74. The van der Waals surface area contributed by atoms with Crippen molar-refractivity contribution in [2.75, 3.05) is 6.54 Å². The molecule has 0 unspecified atom stereocenters. The number of halogens is 1. The molecule has 32 heavy (non-hydrogen) atoms. The molecule has 0 aliphatic carbocycles. The van der Waals surface area contributed by atoms with Crippen LogP contribution in [0.1, 0.15) is 26.8 Å². The molecule has 2 N–H and O–H groups in total. The van der Waals surface area contributed by atoms with Crippen molar-refractivity contribution in [1.29, 1.82) is 0 Å². The number of aromatic carboxylic acids is 1. The molecule has 1 aliphatic heterocycles. The molecular weight excluding hydrogens is 415 g/mol. The molecule has 1 aliphatic rings. The fourth-order valence-corrected chi connectivity index (χ4v) is 3.71. The second kappa shape index (κ2) is 7.73. The number of aromatic amines is 1. The number of amides is 1. The average molecular weight is 432 g/mol. The van der Waals surface area contributed by atoms with Crippen molar-refractivity contribution in [3.8, 4) is 22.6 Å². The van der Waals surface area contributed by atoms with Gasteiger partial charge in [-0.05, 0) is 24.3 Å². The van der Waals surface area contributed by atoms with Crippen molar-refractivity contribution >= 4 is 11.9 Å². The summed E-state index contributed by atoms with van der Waals surface area (Å²) >= 11 is 0. The Morgan fingerprint density at radius 2 is 2.03 bits per heavy atom. The van der Waals surface area contributed by atoms with Gasteiger partial charge in [0.2, 0.25) is 0 Å². The first-order valence-corrected chi connectivity index (χ1v) is 9.86. The second-order valence-electron chi connectivity index (χ2n) is 7.30. The van der Waals surface area contributed by atoms with E-state index in [-0.39, 0.29) is 29.7 Å². The highest BCUT2D eigenvalue weighted by Crippen LogP contribution is 2.30. The van der Waals surface area contributed by atoms with Gasteiger partial charge in [-0.25, -0.2) is 14.2 Å². The maximum atomic E-state index is 13.9. The highest BCUT2D eigenvalue weighted by atomic mass is 19.1. The monoisotopic (exact) mass is 432 g/mol. The lowest BCUT2D eigenvalue weighted by Gasteiger charge is -2.26. The second-order valence-corrected chi connectivity index (χ2v) is 7.30. The molecule has 4 aromatic rings. The Morgan fingerprint density at radius 1 is 1.16 bits per heavy atom. The zero-order valence-corrected chi connectivity index (χ0v) is 16.7. The predicted molar refractivity (Wildman–Crippen MR) is 111 cm³/mol. The van der Waals surface area contributed by atoms with E-state index in [1.54, 1.807) is 29.3 Å². The summed E-state index contributed by atoms with van der Waals surface area (Å²) in [5, 5.41) is 13.1. The molecule has 1 aromatic carbocycles. The number of rotatable bonds is 5. The first-order chi connectivity index (χ1) is 15.5. The minimum atomic E-state index is -1.18. The summed E-state index contributed by atoms with van der Waals surface area (Å²) in [4.78, 5) is 37.9. The van der Waals surface area contributed by atoms with Crippen LogP contribution >= 0.6 is 0 Å². The maximum Gasteiger partial charge on any atom is 0.356 e. The van der Waals surface area contributed by atoms with E-state index in [4.69, 9.17) is 5.11 Å². The number of carboxylic acids is 1. The number of hydrogen-bond donors (Lipinski definition) is 2. The van der Waals surface area contributed by atoms with E-state index in [1.807, 2.05) is 12.1 Å². The van der Waals surface area contributed by atoms with Crippen molar-refractivity contribution in [2.24, 2.45) is 0 Å². The minimum absolute atomic E-state index is 0.168. The third kappa shape index (κ3) is 3.51. The number of imidazole rings is 1. The lowest BCUT2D eigenvalue weighted by atomic mass is 10.1. The minimum Gasteiger partial charge on any atom is -0.476 e. The lowest BCUT2D eigenvalue weighted by Crippen LogP contribution is -2.40. The van der Waals surface area contributed by atoms with Gasteiger partial charge in [-0.15, -0.1) is 0 Å². The van der Waals surface area contributed by atoms with Crippen molar-refractivity contribution < 1.29 is 19.1 Å². The lowest BCUT2D eigenvalue weighted by molar-refractivity contribution is 0.0668. The number of nitrogens with zero attached hydrogens (tertiary/aromatic N) is 5. The van der Waals surface area contributed by atoms with Crippen LogP contribution in [0.5, 0.6) is 0 Å². The van der Waals surface area contributed by atoms with Crippen LogP contribution in [0.2, 0.25) is 0 Å². The molecule has 9 nitrogen and oxygen atoms in total. The average Bonchev–Trinajstić information content (AvgIpc) is 3.42. The van der Waals surface area contributed by atoms with E-state index < -0.39 is 5.97 Å². The van der Waals surface area contributed by atoms with Crippen LogP contribution in [-0.2, 0) is 13.1 Å². The predicted octanol–water partition coefficient (Wildman–Crippen LogP) is 2.83. The van der Waals surface area contributed by atoms with Crippen LogP contribution in [0.4, 0.5) is 4.39 Å². The summed E-state index contributed by atoms with van der Waals surface area (Å²) in [7, 11) is 0. The summed E-state index contributed by atoms with van der Waals surface area (Å²) < 4.78 is 15.3. The fraction of sp³-hybridized carbons (Fsp3) is 0.136. The number of nitrogens with one attached hydrogen (secondary N) is 1. The Labute approximate surface area is 181 Å². The summed E-state index contributed by atoms with van der Waals surface area (Å²) in [5.41, 5.74) is 2.42. The number of benzene rings is 1. The molecule has 0 saturated heterocycles. The van der Waals surface area contributed by atoms with Crippen molar-refractivity contribution in [3.63, 3.8) is 0 Å². The quantitative estimate of drug-likeness (QED) is 0.501. The van der Waals surface area contributed by atoms with Crippen molar-refractivity contribution in [1.82, 2.24) is 29.6 Å². The zero-order chi connectivity index (χ0) is 22.2. The zero-order valence-electron chi connectivity index (χ0n) is 16.7. The molecule has 0 spiro atoms. The number of aromatic nitrogens is 5. The highest BCUT2D eigenvalue weighted by molar-refractivity contribution is 5.96. The molecule has 5 rings (SSSR count). The number of H-pyrrole nitrogens is 1. The first-order valence-electron chi connectivity index (χ1n) is 9.86. The summed E-state index contributed by atoms with van der Waals surface area (Å²) in [5.74, 6) is -1.39. The van der Waals surface area contributed by atoms with Crippen molar-refractivity contribution in [3.05, 3.63) is 77.8 Å². The Bertz CT molecular complexity index is 1330. The normalized spacial score (nSPS) is 13.3. The number of hydrogen-bond acceptors (Lipinski definition) is 5. The van der Waals surface area contributed by atoms with Gasteiger partial charge in [0.1, 0.15) is 17.3 Å². The highest BCUT2D eigenvalue weighted by Gasteiger charge is 2.29. The van der Waals surface area contributed by atoms with E-state index in [9.17, 15) is 14.0 Å². The molecule has 0 radical (unpaired) electrons. The molecule has 0 saturated carbocycles. The van der Waals surface area contributed by atoms with E-state index in [1.165, 1.54) is 22.9 Å². The van der Waals surface area contributed by atoms with Gasteiger partial charge in [-0.2, -0.15) is 5.10 Å². The smallest absolute Gasteiger partial charge is 0.356 e. The number of carbonyl (C=O) groups excluding carboxylic acids is 1. The van der Waals surface area contributed by atoms with Crippen LogP contribution < -0.4 is 0 Å². The molecule has 3 aromatic heterocycles. The number of carbonyl (C=O) groups is 2.